The first kappa shape index (κ1) is 16.9. The zero-order valence-corrected chi connectivity index (χ0v) is 12.2. The summed E-state index contributed by atoms with van der Waals surface area (Å²) in [5.41, 5.74) is -0.327. The third-order valence-corrected chi connectivity index (χ3v) is 2.76. The van der Waals surface area contributed by atoms with Gasteiger partial charge in [0, 0.05) is 17.5 Å². The molecular weight excluding hydrogens is 300 g/mol. The minimum atomic E-state index is -0.662. The number of anilines is 1. The third kappa shape index (κ3) is 5.78. The van der Waals surface area contributed by atoms with Gasteiger partial charge in [0.05, 0.1) is 4.92 Å². The highest BCUT2D eigenvalue weighted by Crippen LogP contribution is 2.27. The van der Waals surface area contributed by atoms with Crippen molar-refractivity contribution in [2.24, 2.45) is 0 Å². The lowest BCUT2D eigenvalue weighted by atomic mass is 10.2. The van der Waals surface area contributed by atoms with Crippen molar-refractivity contribution in [3.63, 3.8) is 0 Å². The Bertz CT molecular complexity index is 547. The van der Waals surface area contributed by atoms with Crippen molar-refractivity contribution in [2.75, 3.05) is 11.9 Å². The predicted octanol–water partition coefficient (Wildman–Crippen LogP) is 2.92. The fourth-order valence-electron chi connectivity index (χ4n) is 1.49. The Labute approximate surface area is 126 Å². The molecule has 0 aliphatic heterocycles. The molecule has 21 heavy (non-hydrogen) atoms. The van der Waals surface area contributed by atoms with Crippen LogP contribution in [-0.2, 0) is 14.3 Å². The number of benzene rings is 1. The number of carbonyl (C=O) groups is 2. The maximum atomic E-state index is 11.6. The highest BCUT2D eigenvalue weighted by atomic mass is 35.5. The summed E-state index contributed by atoms with van der Waals surface area (Å²) in [6.45, 7) is 1.44. The Hall–Kier alpha value is -2.15. The molecule has 8 heteroatoms. The van der Waals surface area contributed by atoms with Crippen LogP contribution in [0, 0.1) is 10.1 Å². The second-order valence-electron chi connectivity index (χ2n) is 4.23. The van der Waals surface area contributed by atoms with E-state index in [1.165, 1.54) is 18.2 Å². The molecule has 1 aromatic rings. The molecule has 0 heterocycles. The summed E-state index contributed by atoms with van der Waals surface area (Å²) in [4.78, 5) is 33.1. The van der Waals surface area contributed by atoms with E-state index in [1.807, 2.05) is 6.92 Å². The van der Waals surface area contributed by atoms with Crippen LogP contribution in [-0.4, -0.2) is 23.4 Å². The number of nitro groups is 1. The number of halogens is 1. The number of nitro benzene ring substituents is 1. The Morgan fingerprint density at radius 2 is 2.14 bits per heavy atom. The van der Waals surface area contributed by atoms with Crippen molar-refractivity contribution in [1.82, 2.24) is 0 Å². The first-order valence-corrected chi connectivity index (χ1v) is 6.71. The summed E-state index contributed by atoms with van der Waals surface area (Å²) in [5.74, 6) is -1.14. The molecule has 0 radical (unpaired) electrons. The second kappa shape index (κ2) is 8.21. The number of hydrogen-bond donors (Lipinski definition) is 1. The van der Waals surface area contributed by atoms with Crippen molar-refractivity contribution < 1.29 is 19.2 Å². The smallest absolute Gasteiger partial charge is 0.306 e. The number of nitrogens with one attached hydrogen (secondary N) is 1. The Kier molecular flexibility index (Phi) is 6.61. The van der Waals surface area contributed by atoms with Gasteiger partial charge in [0.2, 0.25) is 0 Å². The van der Waals surface area contributed by atoms with Gasteiger partial charge in [-0.2, -0.15) is 0 Å². The molecule has 0 aliphatic carbocycles. The molecular formula is C13H15ClN2O5. The van der Waals surface area contributed by atoms with Gasteiger partial charge in [0.25, 0.3) is 11.6 Å². The van der Waals surface area contributed by atoms with Crippen LogP contribution in [0.25, 0.3) is 0 Å². The Morgan fingerprint density at radius 1 is 1.43 bits per heavy atom. The van der Waals surface area contributed by atoms with E-state index in [1.54, 1.807) is 0 Å². The maximum absolute atomic E-state index is 11.6. The molecule has 1 N–H and O–H groups in total. The molecule has 0 atom stereocenters. The lowest BCUT2D eigenvalue weighted by molar-refractivity contribution is -0.383. The standard InChI is InChI=1S/C13H15ClN2O5/c1-2-3-4-13(18)21-8-12(17)15-10-7-9(14)5-6-11(10)16(19)20/h5-7H,2-4,8H2,1H3,(H,15,17). The van der Waals surface area contributed by atoms with Crippen molar-refractivity contribution in [1.29, 1.82) is 0 Å². The van der Waals surface area contributed by atoms with Gasteiger partial charge in [-0.1, -0.05) is 24.9 Å². The van der Waals surface area contributed by atoms with E-state index in [0.29, 0.717) is 6.42 Å². The van der Waals surface area contributed by atoms with Gasteiger partial charge >= 0.3 is 5.97 Å². The molecule has 0 saturated carbocycles. The van der Waals surface area contributed by atoms with Crippen LogP contribution in [0.2, 0.25) is 5.02 Å². The molecule has 0 bridgehead atoms. The number of hydrogen-bond acceptors (Lipinski definition) is 5. The molecule has 0 aromatic heterocycles. The number of amides is 1. The number of rotatable bonds is 7. The van der Waals surface area contributed by atoms with E-state index in [4.69, 9.17) is 16.3 Å². The van der Waals surface area contributed by atoms with Gasteiger partial charge in [-0.05, 0) is 18.6 Å². The van der Waals surface area contributed by atoms with Gasteiger partial charge in [-0.3, -0.25) is 19.7 Å². The summed E-state index contributed by atoms with van der Waals surface area (Å²) in [6, 6.07) is 3.79. The van der Waals surface area contributed by atoms with Crippen molar-refractivity contribution in [2.45, 2.75) is 26.2 Å². The molecule has 0 saturated heterocycles. The number of ether oxygens (including phenoxy) is 1. The van der Waals surface area contributed by atoms with Crippen LogP contribution >= 0.6 is 11.6 Å². The molecule has 0 unspecified atom stereocenters. The zero-order chi connectivity index (χ0) is 15.8. The molecule has 7 nitrogen and oxygen atoms in total. The lowest BCUT2D eigenvalue weighted by Crippen LogP contribution is -2.21. The largest absolute Gasteiger partial charge is 0.456 e. The van der Waals surface area contributed by atoms with Crippen molar-refractivity contribution >= 4 is 34.9 Å². The average Bonchev–Trinajstić information content (AvgIpc) is 2.42. The van der Waals surface area contributed by atoms with E-state index in [0.717, 1.165) is 6.42 Å². The van der Waals surface area contributed by atoms with E-state index in [9.17, 15) is 19.7 Å². The maximum Gasteiger partial charge on any atom is 0.306 e. The number of unbranched alkanes of at least 4 members (excludes halogenated alkanes) is 1. The van der Waals surface area contributed by atoms with Gasteiger partial charge in [0.15, 0.2) is 6.61 Å². The number of nitrogens with zero attached hydrogens (tertiary/aromatic N) is 1. The lowest BCUT2D eigenvalue weighted by Gasteiger charge is -2.07. The highest BCUT2D eigenvalue weighted by molar-refractivity contribution is 6.31. The van der Waals surface area contributed by atoms with Crippen molar-refractivity contribution in [3.8, 4) is 0 Å². The first-order chi connectivity index (χ1) is 9.93. The highest BCUT2D eigenvalue weighted by Gasteiger charge is 2.17. The summed E-state index contributed by atoms with van der Waals surface area (Å²) in [5, 5.41) is 13.4. The predicted molar refractivity (Wildman–Crippen MR) is 77.2 cm³/mol. The first-order valence-electron chi connectivity index (χ1n) is 6.33. The SMILES string of the molecule is CCCCC(=O)OCC(=O)Nc1cc(Cl)ccc1[N+](=O)[O-]. The third-order valence-electron chi connectivity index (χ3n) is 2.53. The fraction of sp³-hybridized carbons (Fsp3) is 0.385. The topological polar surface area (TPSA) is 98.5 Å². The van der Waals surface area contributed by atoms with Crippen LogP contribution in [0.15, 0.2) is 18.2 Å². The Morgan fingerprint density at radius 3 is 2.76 bits per heavy atom. The van der Waals surface area contributed by atoms with Gasteiger partial charge < -0.3 is 10.1 Å². The minimum absolute atomic E-state index is 0.0397. The van der Waals surface area contributed by atoms with Gasteiger partial charge in [-0.25, -0.2) is 0 Å². The van der Waals surface area contributed by atoms with E-state index in [-0.39, 0.29) is 22.8 Å². The summed E-state index contributed by atoms with van der Waals surface area (Å²) in [6.07, 6.45) is 1.76. The minimum Gasteiger partial charge on any atom is -0.456 e. The monoisotopic (exact) mass is 314 g/mol. The van der Waals surface area contributed by atoms with Gasteiger partial charge in [0.1, 0.15) is 5.69 Å². The molecule has 1 aromatic carbocycles. The molecule has 0 aliphatic rings. The van der Waals surface area contributed by atoms with Crippen LogP contribution in [0.4, 0.5) is 11.4 Å². The normalized spacial score (nSPS) is 10.0. The van der Waals surface area contributed by atoms with Crippen LogP contribution in [0.3, 0.4) is 0 Å². The van der Waals surface area contributed by atoms with Crippen molar-refractivity contribution in [3.05, 3.63) is 33.3 Å². The quantitative estimate of drug-likeness (QED) is 0.474. The van der Waals surface area contributed by atoms with Crippen LogP contribution in [0.1, 0.15) is 26.2 Å². The van der Waals surface area contributed by atoms with Crippen LogP contribution < -0.4 is 5.32 Å². The number of carbonyl (C=O) groups excluding carboxylic acids is 2. The summed E-state index contributed by atoms with van der Waals surface area (Å²) in [7, 11) is 0. The molecule has 1 amide bonds. The molecule has 0 fully saturated rings. The van der Waals surface area contributed by atoms with Crippen LogP contribution in [0.5, 0.6) is 0 Å². The molecule has 0 spiro atoms. The van der Waals surface area contributed by atoms with E-state index >= 15 is 0 Å². The summed E-state index contributed by atoms with van der Waals surface area (Å²) < 4.78 is 4.75. The molecule has 114 valence electrons. The summed E-state index contributed by atoms with van der Waals surface area (Å²) >= 11 is 5.73. The van der Waals surface area contributed by atoms with Gasteiger partial charge in [-0.15, -0.1) is 0 Å². The number of esters is 1. The van der Waals surface area contributed by atoms with E-state index in [2.05, 4.69) is 5.32 Å². The van der Waals surface area contributed by atoms with E-state index < -0.39 is 23.4 Å². The second-order valence-corrected chi connectivity index (χ2v) is 4.67. The Balaban J connectivity index is 2.60. The fourth-order valence-corrected chi connectivity index (χ4v) is 1.67. The average molecular weight is 315 g/mol. The molecule has 1 rings (SSSR count). The zero-order valence-electron chi connectivity index (χ0n) is 11.4.